The summed E-state index contributed by atoms with van der Waals surface area (Å²) in [6, 6.07) is 9.12. The topological polar surface area (TPSA) is 150 Å². The number of pyridine rings is 1. The van der Waals surface area contributed by atoms with Crippen LogP contribution in [0.25, 0.3) is 0 Å². The normalized spacial score (nSPS) is 23.7. The molecule has 1 saturated carbocycles. The van der Waals surface area contributed by atoms with Gasteiger partial charge in [0.05, 0.1) is 13.0 Å². The summed E-state index contributed by atoms with van der Waals surface area (Å²) >= 11 is 3.15. The Balaban J connectivity index is 1.58. The van der Waals surface area contributed by atoms with E-state index in [0.717, 1.165) is 24.8 Å². The van der Waals surface area contributed by atoms with Crippen LogP contribution in [0.5, 0.6) is 11.5 Å². The van der Waals surface area contributed by atoms with E-state index in [-0.39, 0.29) is 22.7 Å². The van der Waals surface area contributed by atoms with E-state index in [0.29, 0.717) is 12.8 Å². The van der Waals surface area contributed by atoms with Gasteiger partial charge in [0.25, 0.3) is 5.91 Å². The summed E-state index contributed by atoms with van der Waals surface area (Å²) in [5.41, 5.74) is 0.394. The van der Waals surface area contributed by atoms with Crippen LogP contribution in [0.15, 0.2) is 41.0 Å². The molecular formula is C29H33BrN2O9. The van der Waals surface area contributed by atoms with E-state index >= 15 is 0 Å². The largest absolute Gasteiger partial charge is 0.503 e. The van der Waals surface area contributed by atoms with Crippen molar-refractivity contribution in [3.8, 4) is 11.5 Å². The molecule has 2 aliphatic rings. The highest BCUT2D eigenvalue weighted by atomic mass is 79.9. The Hall–Kier alpha value is -3.67. The van der Waals surface area contributed by atoms with Crippen molar-refractivity contribution in [1.29, 1.82) is 0 Å². The Kier molecular flexibility index (Phi) is 10.2. The number of cyclic esters (lactones) is 2. The molecule has 2 fully saturated rings. The lowest BCUT2D eigenvalue weighted by atomic mass is 9.88. The molecule has 1 saturated heterocycles. The number of halogens is 1. The summed E-state index contributed by atoms with van der Waals surface area (Å²) in [6.45, 7) is 0.995. The number of hydrogen-bond donors (Lipinski definition) is 2. The molecule has 1 aliphatic carbocycles. The highest BCUT2D eigenvalue weighted by molar-refractivity contribution is 9.10. The lowest BCUT2D eigenvalue weighted by molar-refractivity contribution is -0.177. The molecule has 0 radical (unpaired) electrons. The van der Waals surface area contributed by atoms with E-state index in [1.807, 2.05) is 30.3 Å². The van der Waals surface area contributed by atoms with E-state index < -0.39 is 66.0 Å². The average molecular weight is 633 g/mol. The quantitative estimate of drug-likeness (QED) is 0.264. The van der Waals surface area contributed by atoms with Crippen molar-refractivity contribution in [1.82, 2.24) is 10.3 Å². The zero-order valence-electron chi connectivity index (χ0n) is 22.8. The number of amides is 1. The number of esters is 3. The number of rotatable bonds is 7. The zero-order chi connectivity index (χ0) is 29.5. The van der Waals surface area contributed by atoms with Crippen molar-refractivity contribution < 1.29 is 43.2 Å². The van der Waals surface area contributed by atoms with Crippen LogP contribution in [-0.2, 0) is 35.0 Å². The molecule has 2 unspecified atom stereocenters. The van der Waals surface area contributed by atoms with E-state index in [2.05, 4.69) is 26.2 Å². The number of aromatic nitrogens is 1. The fourth-order valence-corrected chi connectivity index (χ4v) is 5.46. The van der Waals surface area contributed by atoms with E-state index in [9.17, 15) is 24.3 Å². The van der Waals surface area contributed by atoms with Crippen LogP contribution in [0.1, 0.15) is 55.1 Å². The van der Waals surface area contributed by atoms with Crippen molar-refractivity contribution in [2.75, 3.05) is 13.7 Å². The maximum atomic E-state index is 13.5. The Morgan fingerprint density at radius 1 is 1.12 bits per heavy atom. The summed E-state index contributed by atoms with van der Waals surface area (Å²) < 4.78 is 22.3. The molecular weight excluding hydrogens is 600 g/mol. The summed E-state index contributed by atoms with van der Waals surface area (Å²) in [4.78, 5) is 56.8. The minimum Gasteiger partial charge on any atom is -0.503 e. The first kappa shape index (κ1) is 30.3. The van der Waals surface area contributed by atoms with Gasteiger partial charge < -0.3 is 29.4 Å². The number of benzene rings is 1. The summed E-state index contributed by atoms with van der Waals surface area (Å²) in [5.74, 6) is -4.77. The van der Waals surface area contributed by atoms with Crippen molar-refractivity contribution >= 4 is 39.7 Å². The van der Waals surface area contributed by atoms with Crippen LogP contribution in [0.2, 0.25) is 0 Å². The minimum atomic E-state index is -1.43. The molecule has 1 aromatic heterocycles. The summed E-state index contributed by atoms with van der Waals surface area (Å²) in [6.07, 6.45) is 2.31. The Bertz CT molecular complexity index is 1270. The van der Waals surface area contributed by atoms with Gasteiger partial charge in [-0.25, -0.2) is 9.78 Å². The first-order valence-electron chi connectivity index (χ1n) is 13.5. The molecule has 1 aliphatic heterocycles. The van der Waals surface area contributed by atoms with Gasteiger partial charge in [0.1, 0.15) is 23.2 Å². The molecule has 2 aromatic rings. The van der Waals surface area contributed by atoms with Crippen LogP contribution >= 0.6 is 15.9 Å². The molecule has 0 bridgehead atoms. The zero-order valence-corrected chi connectivity index (χ0v) is 24.4. The molecule has 11 nitrogen and oxygen atoms in total. The van der Waals surface area contributed by atoms with Crippen LogP contribution in [0.3, 0.4) is 0 Å². The lowest BCUT2D eigenvalue weighted by Gasteiger charge is -2.31. The Morgan fingerprint density at radius 2 is 1.83 bits per heavy atom. The number of aromatic hydroxyl groups is 1. The van der Waals surface area contributed by atoms with Gasteiger partial charge in [-0.05, 0) is 47.7 Å². The van der Waals surface area contributed by atoms with Gasteiger partial charge in [0.15, 0.2) is 29.3 Å². The van der Waals surface area contributed by atoms with Crippen molar-refractivity contribution in [3.63, 3.8) is 0 Å². The minimum absolute atomic E-state index is 0.0134. The first-order valence-corrected chi connectivity index (χ1v) is 14.3. The molecule has 1 aromatic carbocycles. The van der Waals surface area contributed by atoms with Gasteiger partial charge in [0.2, 0.25) is 0 Å². The van der Waals surface area contributed by atoms with Gasteiger partial charge in [-0.2, -0.15) is 0 Å². The van der Waals surface area contributed by atoms with Crippen LogP contribution in [-0.4, -0.2) is 65.9 Å². The third kappa shape index (κ3) is 7.55. The Morgan fingerprint density at radius 3 is 2.51 bits per heavy atom. The van der Waals surface area contributed by atoms with Gasteiger partial charge in [-0.3, -0.25) is 14.4 Å². The Labute approximate surface area is 246 Å². The molecule has 4 atom stereocenters. The van der Waals surface area contributed by atoms with Crippen molar-refractivity contribution in [3.05, 3.63) is 52.3 Å². The van der Waals surface area contributed by atoms with Crippen LogP contribution < -0.4 is 10.1 Å². The van der Waals surface area contributed by atoms with E-state index in [4.69, 9.17) is 18.9 Å². The number of nitrogens with one attached hydrogen (secondary N) is 1. The maximum Gasteiger partial charge on any atom is 0.332 e. The molecule has 41 heavy (non-hydrogen) atoms. The number of nitrogens with zero attached hydrogens (tertiary/aromatic N) is 1. The van der Waals surface area contributed by atoms with Gasteiger partial charge >= 0.3 is 17.9 Å². The predicted octanol–water partition coefficient (Wildman–Crippen LogP) is 3.50. The third-order valence-electron chi connectivity index (χ3n) is 7.30. The molecule has 12 heteroatoms. The molecule has 0 spiro atoms. The highest BCUT2D eigenvalue weighted by Gasteiger charge is 2.43. The smallest absolute Gasteiger partial charge is 0.332 e. The third-order valence-corrected chi connectivity index (χ3v) is 7.70. The first-order chi connectivity index (χ1) is 19.7. The summed E-state index contributed by atoms with van der Waals surface area (Å²) in [5, 5.41) is 12.8. The lowest BCUT2D eigenvalue weighted by Crippen LogP contribution is -2.47. The molecule has 1 amide bonds. The van der Waals surface area contributed by atoms with Crippen LogP contribution in [0.4, 0.5) is 0 Å². The van der Waals surface area contributed by atoms with Gasteiger partial charge in [0, 0.05) is 6.07 Å². The number of methoxy groups -OCH3 is 1. The molecule has 2 N–H and O–H groups in total. The number of hydrogen-bond acceptors (Lipinski definition) is 10. The fraction of sp³-hybridized carbons (Fsp3) is 0.483. The molecule has 220 valence electrons. The number of carbonyl (C=O) groups is 4. The van der Waals surface area contributed by atoms with Crippen molar-refractivity contribution in [2.45, 2.75) is 63.7 Å². The second-order valence-corrected chi connectivity index (χ2v) is 11.0. The van der Waals surface area contributed by atoms with E-state index in [1.54, 1.807) is 6.92 Å². The second-order valence-electron chi connectivity index (χ2n) is 10.2. The van der Waals surface area contributed by atoms with Crippen molar-refractivity contribution in [2.24, 2.45) is 11.8 Å². The van der Waals surface area contributed by atoms with E-state index in [1.165, 1.54) is 13.2 Å². The second kappa shape index (κ2) is 13.8. The fourth-order valence-electron chi connectivity index (χ4n) is 5.07. The maximum absolute atomic E-state index is 13.5. The molecule has 4 rings (SSSR count). The summed E-state index contributed by atoms with van der Waals surface area (Å²) in [7, 11) is 1.31. The average Bonchev–Trinajstić information content (AvgIpc) is 3.01. The number of ether oxygens (including phenoxy) is 4. The van der Waals surface area contributed by atoms with Gasteiger partial charge in [-0.1, -0.05) is 49.6 Å². The standard InChI is InChI=1S/C29H33BrN2O9/c1-16-25(41-27(35)18-11-7-4-8-12-18)19(13-17-9-5-3-6-10-17)28(36)39-15-20(29(37)40-16)31-26(34)23-24(33)21(38-2)14-22(30)32-23/h3,5-6,9-10,14,16,18-20,25,33H,4,7-8,11-13,15H2,1-2H3,(H,31,34)/t16-,19+,20?,25?/m0/s1. The molecule has 2 heterocycles. The van der Waals surface area contributed by atoms with Crippen LogP contribution in [0, 0.1) is 11.8 Å². The predicted molar refractivity (Wildman–Crippen MR) is 148 cm³/mol. The number of carbonyl (C=O) groups excluding carboxylic acids is 4. The highest BCUT2D eigenvalue weighted by Crippen LogP contribution is 2.32. The monoisotopic (exact) mass is 632 g/mol. The van der Waals surface area contributed by atoms with Gasteiger partial charge in [-0.15, -0.1) is 0 Å². The SMILES string of the molecule is COc1cc(Br)nc(C(=O)NC2COC(=O)[C@H](Cc3ccccc3)C(OC(=O)C3CCCCC3)[C@H](C)OC2=O)c1O.